The molecule has 0 fully saturated rings. The third kappa shape index (κ3) is 2.63. The van der Waals surface area contributed by atoms with E-state index in [2.05, 4.69) is 10.3 Å². The van der Waals surface area contributed by atoms with Crippen molar-refractivity contribution in [3.05, 3.63) is 53.6 Å². The summed E-state index contributed by atoms with van der Waals surface area (Å²) in [7, 11) is 0. The second-order valence-corrected chi connectivity index (χ2v) is 3.55. The number of hydrogen-bond acceptors (Lipinski definition) is 2. The van der Waals surface area contributed by atoms with Crippen LogP contribution in [0.3, 0.4) is 0 Å². The van der Waals surface area contributed by atoms with Crippen molar-refractivity contribution in [2.75, 3.05) is 5.32 Å². The van der Waals surface area contributed by atoms with Gasteiger partial charge in [-0.15, -0.1) is 0 Å². The summed E-state index contributed by atoms with van der Waals surface area (Å²) in [6.07, 6.45) is 1.76. The lowest BCUT2D eigenvalue weighted by atomic mass is 10.2. The van der Waals surface area contributed by atoms with E-state index >= 15 is 0 Å². The van der Waals surface area contributed by atoms with Crippen molar-refractivity contribution in [2.24, 2.45) is 0 Å². The molecular formula is C12H11FN2O2. The van der Waals surface area contributed by atoms with Gasteiger partial charge in [-0.05, 0) is 30.3 Å². The van der Waals surface area contributed by atoms with E-state index < -0.39 is 11.8 Å². The summed E-state index contributed by atoms with van der Waals surface area (Å²) in [6.45, 7) is 0.410. The molecule has 2 rings (SSSR count). The molecule has 4 nitrogen and oxygen atoms in total. The smallest absolute Gasteiger partial charge is 0.335 e. The van der Waals surface area contributed by atoms with Crippen LogP contribution in [0.2, 0.25) is 0 Å². The van der Waals surface area contributed by atoms with E-state index in [1.165, 1.54) is 12.1 Å². The summed E-state index contributed by atoms with van der Waals surface area (Å²) >= 11 is 0. The van der Waals surface area contributed by atoms with E-state index in [9.17, 15) is 9.18 Å². The largest absolute Gasteiger partial charge is 0.478 e. The predicted octanol–water partition coefficient (Wildman–Crippen LogP) is 2.46. The zero-order chi connectivity index (χ0) is 12.3. The summed E-state index contributed by atoms with van der Waals surface area (Å²) in [5.74, 6) is -1.55. The summed E-state index contributed by atoms with van der Waals surface area (Å²) in [4.78, 5) is 13.7. The summed E-state index contributed by atoms with van der Waals surface area (Å²) < 4.78 is 13.4. The molecule has 1 aromatic carbocycles. The topological polar surface area (TPSA) is 65.1 Å². The lowest BCUT2D eigenvalue weighted by Crippen LogP contribution is -2.04. The minimum atomic E-state index is -1.08. The van der Waals surface area contributed by atoms with E-state index in [0.29, 0.717) is 6.54 Å². The van der Waals surface area contributed by atoms with Gasteiger partial charge in [-0.25, -0.2) is 9.18 Å². The number of carbonyl (C=O) groups is 1. The first-order valence-electron chi connectivity index (χ1n) is 5.06. The van der Waals surface area contributed by atoms with Crippen molar-refractivity contribution in [1.82, 2.24) is 4.98 Å². The number of nitrogens with one attached hydrogen (secondary N) is 2. The Labute approximate surface area is 97.1 Å². The van der Waals surface area contributed by atoms with Gasteiger partial charge in [-0.3, -0.25) is 0 Å². The second kappa shape index (κ2) is 4.69. The fourth-order valence-electron chi connectivity index (χ4n) is 1.46. The number of aromatic nitrogens is 1. The normalized spacial score (nSPS) is 10.2. The van der Waals surface area contributed by atoms with Gasteiger partial charge in [0.05, 0.1) is 17.8 Å². The second-order valence-electron chi connectivity index (χ2n) is 3.55. The number of H-pyrrole nitrogens is 1. The molecule has 0 unspecified atom stereocenters. The van der Waals surface area contributed by atoms with Gasteiger partial charge in [0.1, 0.15) is 5.82 Å². The Balaban J connectivity index is 2.14. The molecule has 0 radical (unpaired) electrons. The molecule has 17 heavy (non-hydrogen) atoms. The third-order valence-corrected chi connectivity index (χ3v) is 2.34. The Bertz CT molecular complexity index is 523. The maximum Gasteiger partial charge on any atom is 0.335 e. The molecule has 0 spiro atoms. The number of carboxylic acid groups (broad SMARTS) is 1. The van der Waals surface area contributed by atoms with Crippen LogP contribution in [0.1, 0.15) is 16.1 Å². The number of anilines is 1. The maximum absolute atomic E-state index is 13.4. The van der Waals surface area contributed by atoms with Gasteiger partial charge in [-0.2, -0.15) is 0 Å². The minimum absolute atomic E-state index is 0.0559. The first-order chi connectivity index (χ1) is 8.16. The highest BCUT2D eigenvalue weighted by Crippen LogP contribution is 2.17. The molecule has 0 aliphatic carbocycles. The fraction of sp³-hybridized carbons (Fsp3) is 0.0833. The predicted molar refractivity (Wildman–Crippen MR) is 61.5 cm³/mol. The number of carboxylic acids is 1. The van der Waals surface area contributed by atoms with Gasteiger partial charge >= 0.3 is 5.97 Å². The molecule has 0 aliphatic heterocycles. The van der Waals surface area contributed by atoms with E-state index in [1.807, 2.05) is 12.1 Å². The van der Waals surface area contributed by atoms with Crippen molar-refractivity contribution in [2.45, 2.75) is 6.54 Å². The van der Waals surface area contributed by atoms with Crippen LogP contribution >= 0.6 is 0 Å². The number of benzene rings is 1. The molecule has 0 amide bonds. The van der Waals surface area contributed by atoms with Crippen LogP contribution in [0.5, 0.6) is 0 Å². The van der Waals surface area contributed by atoms with Crippen molar-refractivity contribution < 1.29 is 14.3 Å². The van der Waals surface area contributed by atoms with Crippen molar-refractivity contribution in [1.29, 1.82) is 0 Å². The first-order valence-corrected chi connectivity index (χ1v) is 5.06. The highest BCUT2D eigenvalue weighted by Gasteiger charge is 2.08. The average Bonchev–Trinajstić information content (AvgIpc) is 2.80. The molecule has 5 heteroatoms. The highest BCUT2D eigenvalue weighted by atomic mass is 19.1. The number of aromatic carboxylic acids is 1. The maximum atomic E-state index is 13.4. The lowest BCUT2D eigenvalue weighted by Gasteiger charge is -2.07. The Morgan fingerprint density at radius 2 is 2.24 bits per heavy atom. The Morgan fingerprint density at radius 3 is 2.88 bits per heavy atom. The SMILES string of the molecule is O=C(O)c1ccc(F)c(NCc2ccc[nH]2)c1. The molecule has 0 bridgehead atoms. The van der Waals surface area contributed by atoms with Crippen molar-refractivity contribution in [3.8, 4) is 0 Å². The van der Waals surface area contributed by atoms with Crippen LogP contribution in [0.15, 0.2) is 36.5 Å². The number of rotatable bonds is 4. The van der Waals surface area contributed by atoms with Crippen molar-refractivity contribution in [3.63, 3.8) is 0 Å². The molecule has 2 aromatic rings. The number of aromatic amines is 1. The summed E-state index contributed by atoms with van der Waals surface area (Å²) in [5, 5.41) is 11.6. The van der Waals surface area contributed by atoms with Crippen molar-refractivity contribution >= 4 is 11.7 Å². The van der Waals surface area contributed by atoms with E-state index in [-0.39, 0.29) is 11.3 Å². The average molecular weight is 234 g/mol. The van der Waals surface area contributed by atoms with Crippen LogP contribution < -0.4 is 5.32 Å². The highest BCUT2D eigenvalue weighted by molar-refractivity contribution is 5.88. The van der Waals surface area contributed by atoms with E-state index in [4.69, 9.17) is 5.11 Å². The Kier molecular flexibility index (Phi) is 3.09. The molecule has 0 saturated carbocycles. The van der Waals surface area contributed by atoms with Gasteiger partial charge in [0, 0.05) is 11.9 Å². The number of hydrogen-bond donors (Lipinski definition) is 3. The summed E-state index contributed by atoms with van der Waals surface area (Å²) in [6, 6.07) is 7.34. The zero-order valence-corrected chi connectivity index (χ0v) is 8.90. The van der Waals surface area contributed by atoms with Gasteiger partial charge in [0.25, 0.3) is 0 Å². The van der Waals surface area contributed by atoms with Crippen LogP contribution in [-0.2, 0) is 6.54 Å². The van der Waals surface area contributed by atoms with Crippen LogP contribution in [0.4, 0.5) is 10.1 Å². The molecule has 88 valence electrons. The zero-order valence-electron chi connectivity index (χ0n) is 8.90. The van der Waals surface area contributed by atoms with Gasteiger partial charge < -0.3 is 15.4 Å². The molecule has 3 N–H and O–H groups in total. The van der Waals surface area contributed by atoms with Crippen LogP contribution in [0.25, 0.3) is 0 Å². The Morgan fingerprint density at radius 1 is 1.41 bits per heavy atom. The molecule has 1 aromatic heterocycles. The minimum Gasteiger partial charge on any atom is -0.478 e. The molecule has 0 saturated heterocycles. The molecule has 1 heterocycles. The number of halogens is 1. The summed E-state index contributed by atoms with van der Waals surface area (Å²) in [5.41, 5.74) is 1.13. The quantitative estimate of drug-likeness (QED) is 0.761. The monoisotopic (exact) mass is 234 g/mol. The fourth-order valence-corrected chi connectivity index (χ4v) is 1.46. The Hall–Kier alpha value is -2.30. The van der Waals surface area contributed by atoms with Crippen LogP contribution in [0, 0.1) is 5.82 Å². The molecule has 0 aliphatic rings. The van der Waals surface area contributed by atoms with Gasteiger partial charge in [0.2, 0.25) is 0 Å². The first kappa shape index (κ1) is 11.2. The molecule has 0 atom stereocenters. The standard InChI is InChI=1S/C12H11FN2O2/c13-10-4-3-8(12(16)17)6-11(10)15-7-9-2-1-5-14-9/h1-6,14-15H,7H2,(H,16,17). The van der Waals surface area contributed by atoms with E-state index in [1.54, 1.807) is 6.20 Å². The van der Waals surface area contributed by atoms with Gasteiger partial charge in [-0.1, -0.05) is 0 Å². The van der Waals surface area contributed by atoms with Gasteiger partial charge in [0.15, 0.2) is 0 Å². The lowest BCUT2D eigenvalue weighted by molar-refractivity contribution is 0.0697. The third-order valence-electron chi connectivity index (χ3n) is 2.34. The van der Waals surface area contributed by atoms with Crippen LogP contribution in [-0.4, -0.2) is 16.1 Å². The van der Waals surface area contributed by atoms with E-state index in [0.717, 1.165) is 11.8 Å². The molecular weight excluding hydrogens is 223 g/mol.